The second-order valence-corrected chi connectivity index (χ2v) is 12.7. The van der Waals surface area contributed by atoms with Crippen molar-refractivity contribution in [3.05, 3.63) is 114 Å². The number of aliphatic hydroxyl groups excluding tert-OH is 1. The molecule has 1 heterocycles. The van der Waals surface area contributed by atoms with Gasteiger partial charge in [-0.2, -0.15) is 0 Å². The van der Waals surface area contributed by atoms with Crippen LogP contribution in [-0.2, 0) is 33.6 Å². The summed E-state index contributed by atoms with van der Waals surface area (Å²) >= 11 is 0. The molecule has 0 spiro atoms. The largest absolute Gasteiger partial charge is 0.390 e. The molecule has 0 bridgehead atoms. The van der Waals surface area contributed by atoms with Gasteiger partial charge in [0, 0.05) is 18.5 Å². The molecule has 5 aromatic rings. The lowest BCUT2D eigenvalue weighted by Gasteiger charge is -2.28. The topological polar surface area (TPSA) is 150 Å². The molecule has 0 radical (unpaired) electrons. The maximum absolute atomic E-state index is 14.4. The minimum absolute atomic E-state index is 0.118. The molecule has 9 nitrogen and oxygen atoms in total. The van der Waals surface area contributed by atoms with Gasteiger partial charge in [-0.1, -0.05) is 98.8 Å². The van der Waals surface area contributed by atoms with Gasteiger partial charge >= 0.3 is 0 Å². The predicted molar refractivity (Wildman–Crippen MR) is 184 cm³/mol. The van der Waals surface area contributed by atoms with E-state index in [0.717, 1.165) is 32.7 Å². The first-order valence-electron chi connectivity index (χ1n) is 16.2. The molecule has 0 aliphatic rings. The Labute approximate surface area is 275 Å². The first kappa shape index (κ1) is 33.3. The number of carbonyl (C=O) groups is 3. The summed E-state index contributed by atoms with van der Waals surface area (Å²) in [6, 6.07) is 26.8. The summed E-state index contributed by atoms with van der Waals surface area (Å²) < 4.78 is 0. The molecule has 3 atom stereocenters. The number of nitrogens with zero attached hydrogens (tertiary/aromatic N) is 1. The first-order valence-corrected chi connectivity index (χ1v) is 16.2. The Bertz CT molecular complexity index is 1730. The molecule has 5 rings (SSSR count). The second kappa shape index (κ2) is 15.5. The molecule has 244 valence electrons. The number of fused-ring (bicyclic) bond motifs is 2. The number of H-pyrrole nitrogens is 1. The summed E-state index contributed by atoms with van der Waals surface area (Å²) in [6.07, 6.45) is 3.24. The van der Waals surface area contributed by atoms with E-state index in [9.17, 15) is 19.5 Å². The van der Waals surface area contributed by atoms with Gasteiger partial charge in [0.1, 0.15) is 6.04 Å². The zero-order valence-electron chi connectivity index (χ0n) is 26.9. The van der Waals surface area contributed by atoms with E-state index >= 15 is 0 Å². The van der Waals surface area contributed by atoms with Crippen molar-refractivity contribution in [2.75, 3.05) is 0 Å². The van der Waals surface area contributed by atoms with Gasteiger partial charge in [-0.25, -0.2) is 4.98 Å². The summed E-state index contributed by atoms with van der Waals surface area (Å²) in [5.41, 5.74) is 8.05. The van der Waals surface area contributed by atoms with Crippen molar-refractivity contribution >= 4 is 39.3 Å². The number of primary amides is 1. The van der Waals surface area contributed by atoms with Crippen LogP contribution in [0, 0.1) is 11.8 Å². The van der Waals surface area contributed by atoms with Gasteiger partial charge in [-0.15, -0.1) is 0 Å². The highest BCUT2D eigenvalue weighted by Gasteiger charge is 2.31. The van der Waals surface area contributed by atoms with Crippen LogP contribution in [0.1, 0.15) is 43.5 Å². The molecule has 0 aliphatic carbocycles. The van der Waals surface area contributed by atoms with E-state index in [4.69, 9.17) is 5.73 Å². The number of carbonyl (C=O) groups excluding carboxylic acids is 3. The predicted octanol–water partition coefficient (Wildman–Crippen LogP) is 4.61. The fraction of sp³-hybridized carbons (Fsp3) is 0.316. The number of rotatable bonds is 15. The highest BCUT2D eigenvalue weighted by molar-refractivity contribution is 5.91. The third kappa shape index (κ3) is 8.83. The Morgan fingerprint density at radius 1 is 0.787 bits per heavy atom. The Morgan fingerprint density at radius 2 is 1.36 bits per heavy atom. The average molecular weight is 634 g/mol. The van der Waals surface area contributed by atoms with Crippen molar-refractivity contribution in [2.24, 2.45) is 17.6 Å². The smallest absolute Gasteiger partial charge is 0.243 e. The van der Waals surface area contributed by atoms with Crippen molar-refractivity contribution in [3.8, 4) is 0 Å². The Balaban J connectivity index is 1.46. The van der Waals surface area contributed by atoms with Crippen LogP contribution in [0.2, 0.25) is 0 Å². The van der Waals surface area contributed by atoms with Crippen LogP contribution < -0.4 is 16.4 Å². The summed E-state index contributed by atoms with van der Waals surface area (Å²) in [4.78, 5) is 47.1. The van der Waals surface area contributed by atoms with E-state index in [-0.39, 0.29) is 24.7 Å². The highest BCUT2D eigenvalue weighted by atomic mass is 16.3. The number of aliphatic hydroxyl groups is 1. The van der Waals surface area contributed by atoms with Crippen LogP contribution in [-0.4, -0.2) is 51.0 Å². The van der Waals surface area contributed by atoms with Crippen molar-refractivity contribution in [1.82, 2.24) is 20.6 Å². The van der Waals surface area contributed by atoms with Gasteiger partial charge in [-0.3, -0.25) is 14.4 Å². The second-order valence-electron chi connectivity index (χ2n) is 12.7. The van der Waals surface area contributed by atoms with E-state index in [0.29, 0.717) is 25.0 Å². The lowest BCUT2D eigenvalue weighted by atomic mass is 9.87. The Kier molecular flexibility index (Phi) is 11.0. The first-order chi connectivity index (χ1) is 22.7. The number of imidazole rings is 1. The molecule has 6 N–H and O–H groups in total. The van der Waals surface area contributed by atoms with Crippen molar-refractivity contribution in [3.63, 3.8) is 0 Å². The summed E-state index contributed by atoms with van der Waals surface area (Å²) in [6.45, 7) is 3.93. The molecular weight excluding hydrogens is 590 g/mol. The monoisotopic (exact) mass is 633 g/mol. The van der Waals surface area contributed by atoms with Gasteiger partial charge in [0.05, 0.1) is 30.6 Å². The number of aromatic nitrogens is 2. The summed E-state index contributed by atoms with van der Waals surface area (Å²) in [5, 5.41) is 21.1. The van der Waals surface area contributed by atoms with Crippen LogP contribution in [0.3, 0.4) is 0 Å². The fourth-order valence-corrected chi connectivity index (χ4v) is 6.29. The van der Waals surface area contributed by atoms with Crippen LogP contribution in [0.4, 0.5) is 0 Å². The normalized spacial score (nSPS) is 13.5. The minimum atomic E-state index is -1.16. The third-order valence-electron chi connectivity index (χ3n) is 8.59. The number of nitrogens with one attached hydrogen (secondary N) is 3. The van der Waals surface area contributed by atoms with Crippen LogP contribution in [0.15, 0.2) is 97.5 Å². The van der Waals surface area contributed by atoms with Gasteiger partial charge < -0.3 is 26.5 Å². The molecule has 0 saturated heterocycles. The third-order valence-corrected chi connectivity index (χ3v) is 8.59. The SMILES string of the molecule is CC(C)C[C@H](NC(=O)[C@H](Cc1c[nH]cn1)NC(=O)C(Cc1cccc2ccccc12)Cc1cccc2ccccc12)[C@@H](O)CC(N)=O. The van der Waals surface area contributed by atoms with Crippen LogP contribution in [0.5, 0.6) is 0 Å². The maximum atomic E-state index is 14.4. The Hall–Kier alpha value is -5.02. The molecule has 0 fully saturated rings. The number of amides is 3. The number of benzene rings is 4. The molecule has 1 aromatic heterocycles. The summed E-state index contributed by atoms with van der Waals surface area (Å²) in [5.74, 6) is -1.78. The van der Waals surface area contributed by atoms with Gasteiger partial charge in [-0.05, 0) is 57.9 Å². The number of nitrogens with two attached hydrogens (primary N) is 1. The lowest BCUT2D eigenvalue weighted by Crippen LogP contribution is -2.55. The van der Waals surface area contributed by atoms with Crippen molar-refractivity contribution in [2.45, 2.75) is 64.1 Å². The average Bonchev–Trinajstić information content (AvgIpc) is 3.57. The molecule has 0 saturated carbocycles. The van der Waals surface area contributed by atoms with Gasteiger partial charge in [0.25, 0.3) is 0 Å². The van der Waals surface area contributed by atoms with Crippen molar-refractivity contribution < 1.29 is 19.5 Å². The molecule has 4 aromatic carbocycles. The van der Waals surface area contributed by atoms with Crippen LogP contribution >= 0.6 is 0 Å². The highest BCUT2D eigenvalue weighted by Crippen LogP contribution is 2.26. The number of aromatic amines is 1. The van der Waals surface area contributed by atoms with E-state index in [2.05, 4.69) is 69.1 Å². The van der Waals surface area contributed by atoms with E-state index in [1.54, 1.807) is 6.20 Å². The molecule has 9 heteroatoms. The standard InChI is InChI=1S/C38H43N5O4/c1-24(2)17-33(35(44)21-36(39)45)42-38(47)34(20-30-22-40-23-41-30)43-37(46)29(18-27-13-7-11-25-9-3-5-15-31(25)27)19-28-14-8-12-26-10-4-6-16-32(26)28/h3-16,22-24,29,33-35,44H,17-21H2,1-2H3,(H2,39,45)(H,40,41)(H,42,47)(H,43,46)/t33-,34-,35-/m0/s1. The molecular formula is C38H43N5O4. The van der Waals surface area contributed by atoms with E-state index in [1.165, 1.54) is 6.33 Å². The minimum Gasteiger partial charge on any atom is -0.390 e. The van der Waals surface area contributed by atoms with Gasteiger partial charge in [0.15, 0.2) is 0 Å². The fourth-order valence-electron chi connectivity index (χ4n) is 6.29. The van der Waals surface area contributed by atoms with Crippen LogP contribution in [0.25, 0.3) is 21.5 Å². The van der Waals surface area contributed by atoms with Crippen molar-refractivity contribution in [1.29, 1.82) is 0 Å². The van der Waals surface area contributed by atoms with Gasteiger partial charge in [0.2, 0.25) is 17.7 Å². The molecule has 0 unspecified atom stereocenters. The zero-order valence-corrected chi connectivity index (χ0v) is 26.9. The maximum Gasteiger partial charge on any atom is 0.243 e. The number of hydrogen-bond donors (Lipinski definition) is 5. The van der Waals surface area contributed by atoms with E-state index in [1.807, 2.05) is 50.2 Å². The molecule has 0 aliphatic heterocycles. The Morgan fingerprint density at radius 3 is 1.89 bits per heavy atom. The molecule has 47 heavy (non-hydrogen) atoms. The quantitative estimate of drug-likeness (QED) is 0.114. The summed E-state index contributed by atoms with van der Waals surface area (Å²) in [7, 11) is 0. The number of hydrogen-bond acceptors (Lipinski definition) is 5. The van der Waals surface area contributed by atoms with E-state index < -0.39 is 35.9 Å². The zero-order chi connectivity index (χ0) is 33.3. The molecule has 3 amide bonds. The lowest BCUT2D eigenvalue weighted by molar-refractivity contribution is -0.132.